The highest BCUT2D eigenvalue weighted by molar-refractivity contribution is 5.80. The van der Waals surface area contributed by atoms with Gasteiger partial charge in [-0.25, -0.2) is 4.98 Å². The van der Waals surface area contributed by atoms with E-state index in [0.29, 0.717) is 11.2 Å². The molecule has 1 fully saturated rings. The molecule has 0 atom stereocenters. The van der Waals surface area contributed by atoms with E-state index < -0.39 is 0 Å². The largest absolute Gasteiger partial charge is 0.341 e. The topological polar surface area (TPSA) is 59.6 Å². The van der Waals surface area contributed by atoms with Crippen molar-refractivity contribution in [3.05, 3.63) is 47.0 Å². The van der Waals surface area contributed by atoms with Crippen molar-refractivity contribution in [3.8, 4) is 0 Å². The van der Waals surface area contributed by atoms with Crippen molar-refractivity contribution in [2.75, 3.05) is 13.1 Å². The second kappa shape index (κ2) is 4.98. The number of aromatic nitrogens is 3. The third-order valence-corrected chi connectivity index (χ3v) is 4.25. The van der Waals surface area contributed by atoms with Crippen LogP contribution in [-0.4, -0.2) is 37.8 Å². The predicted octanol–water partition coefficient (Wildman–Crippen LogP) is 1.27. The van der Waals surface area contributed by atoms with Crippen molar-refractivity contribution >= 4 is 22.6 Å². The molecule has 0 aliphatic carbocycles. The zero-order valence-electron chi connectivity index (χ0n) is 12.1. The molecule has 0 radical (unpaired) electrons. The summed E-state index contributed by atoms with van der Waals surface area (Å²) in [6.07, 6.45) is 5.57. The molecule has 4 rings (SSSR count). The highest BCUT2D eigenvalue weighted by Gasteiger charge is 2.20. The summed E-state index contributed by atoms with van der Waals surface area (Å²) in [4.78, 5) is 31.2. The zero-order valence-corrected chi connectivity index (χ0v) is 12.1. The molecule has 3 aromatic heterocycles. The van der Waals surface area contributed by atoms with Crippen LogP contribution in [-0.2, 0) is 11.3 Å². The van der Waals surface area contributed by atoms with E-state index in [2.05, 4.69) is 4.98 Å². The van der Waals surface area contributed by atoms with E-state index in [4.69, 9.17) is 0 Å². The van der Waals surface area contributed by atoms with Gasteiger partial charge in [0, 0.05) is 25.5 Å². The molecule has 0 aromatic carbocycles. The Hall–Kier alpha value is -2.63. The fraction of sp³-hybridized carbons (Fsp3) is 0.312. The Morgan fingerprint density at radius 1 is 1.14 bits per heavy atom. The van der Waals surface area contributed by atoms with Crippen LogP contribution in [0.5, 0.6) is 0 Å². The minimum Gasteiger partial charge on any atom is -0.341 e. The van der Waals surface area contributed by atoms with Gasteiger partial charge in [0.05, 0.1) is 5.52 Å². The van der Waals surface area contributed by atoms with Gasteiger partial charge in [0.1, 0.15) is 12.1 Å². The van der Waals surface area contributed by atoms with Gasteiger partial charge in [-0.05, 0) is 37.1 Å². The van der Waals surface area contributed by atoms with Gasteiger partial charge in [-0.3, -0.25) is 14.2 Å². The molecule has 0 bridgehead atoms. The monoisotopic (exact) mass is 296 g/mol. The number of pyridine rings is 1. The maximum atomic E-state index is 12.7. The van der Waals surface area contributed by atoms with Crippen LogP contribution in [0, 0.1) is 0 Å². The molecular weight excluding hydrogens is 280 g/mol. The Labute approximate surface area is 126 Å². The van der Waals surface area contributed by atoms with Crippen molar-refractivity contribution in [1.82, 2.24) is 18.9 Å². The van der Waals surface area contributed by atoms with Gasteiger partial charge in [-0.15, -0.1) is 0 Å². The average Bonchev–Trinajstić information content (AvgIpc) is 3.22. The number of fused-ring (bicyclic) bond motifs is 3. The SMILES string of the molecule is O=C(Cn1c(=O)c2cccn2c2cccnc21)N1CCCC1. The molecule has 1 saturated heterocycles. The van der Waals surface area contributed by atoms with Crippen LogP contribution in [0.4, 0.5) is 0 Å². The molecule has 0 unspecified atom stereocenters. The molecule has 0 spiro atoms. The molecule has 6 heteroatoms. The van der Waals surface area contributed by atoms with E-state index in [-0.39, 0.29) is 18.0 Å². The lowest BCUT2D eigenvalue weighted by Crippen LogP contribution is -2.35. The van der Waals surface area contributed by atoms with Crippen LogP contribution in [0.3, 0.4) is 0 Å². The van der Waals surface area contributed by atoms with E-state index in [0.717, 1.165) is 31.4 Å². The number of likely N-dealkylation sites (tertiary alicyclic amines) is 1. The third kappa shape index (κ3) is 1.91. The van der Waals surface area contributed by atoms with E-state index in [1.807, 2.05) is 33.7 Å². The third-order valence-electron chi connectivity index (χ3n) is 4.25. The van der Waals surface area contributed by atoms with Crippen molar-refractivity contribution in [2.45, 2.75) is 19.4 Å². The lowest BCUT2D eigenvalue weighted by molar-refractivity contribution is -0.130. The number of amides is 1. The highest BCUT2D eigenvalue weighted by atomic mass is 16.2. The predicted molar refractivity (Wildman–Crippen MR) is 82.8 cm³/mol. The summed E-state index contributed by atoms with van der Waals surface area (Å²) in [6.45, 7) is 1.62. The first-order chi connectivity index (χ1) is 10.8. The molecular formula is C16H16N4O2. The zero-order chi connectivity index (χ0) is 15.1. The van der Waals surface area contributed by atoms with Crippen LogP contribution in [0.25, 0.3) is 16.7 Å². The molecule has 1 aliphatic rings. The molecule has 0 saturated carbocycles. The molecule has 6 nitrogen and oxygen atoms in total. The molecule has 22 heavy (non-hydrogen) atoms. The van der Waals surface area contributed by atoms with Crippen molar-refractivity contribution in [1.29, 1.82) is 0 Å². The van der Waals surface area contributed by atoms with E-state index in [9.17, 15) is 9.59 Å². The maximum Gasteiger partial charge on any atom is 0.276 e. The van der Waals surface area contributed by atoms with Gasteiger partial charge in [0.2, 0.25) is 5.91 Å². The van der Waals surface area contributed by atoms with E-state index >= 15 is 0 Å². The van der Waals surface area contributed by atoms with Crippen LogP contribution in [0.2, 0.25) is 0 Å². The molecule has 112 valence electrons. The summed E-state index contributed by atoms with van der Waals surface area (Å²) in [7, 11) is 0. The Morgan fingerprint density at radius 2 is 1.91 bits per heavy atom. The van der Waals surface area contributed by atoms with Crippen LogP contribution in [0.15, 0.2) is 41.5 Å². The number of carbonyl (C=O) groups is 1. The summed E-state index contributed by atoms with van der Waals surface area (Å²) in [5.74, 6) is -0.0116. The van der Waals surface area contributed by atoms with E-state index in [1.165, 1.54) is 4.57 Å². The Morgan fingerprint density at radius 3 is 2.73 bits per heavy atom. The van der Waals surface area contributed by atoms with Gasteiger partial charge in [0.25, 0.3) is 5.56 Å². The summed E-state index contributed by atoms with van der Waals surface area (Å²) in [5.41, 5.74) is 1.76. The first-order valence-electron chi connectivity index (χ1n) is 7.48. The second-order valence-electron chi connectivity index (χ2n) is 5.59. The maximum absolute atomic E-state index is 12.7. The quantitative estimate of drug-likeness (QED) is 0.715. The Kier molecular flexibility index (Phi) is 2.96. The van der Waals surface area contributed by atoms with Gasteiger partial charge < -0.3 is 9.30 Å². The summed E-state index contributed by atoms with van der Waals surface area (Å²) < 4.78 is 3.31. The molecule has 1 aliphatic heterocycles. The lowest BCUT2D eigenvalue weighted by atomic mass is 10.3. The lowest BCUT2D eigenvalue weighted by Gasteiger charge is -2.17. The minimum atomic E-state index is -0.177. The Balaban J connectivity index is 1.89. The number of carbonyl (C=O) groups excluding carboxylic acids is 1. The van der Waals surface area contributed by atoms with Crippen LogP contribution >= 0.6 is 0 Å². The van der Waals surface area contributed by atoms with Gasteiger partial charge in [-0.2, -0.15) is 0 Å². The number of nitrogens with zero attached hydrogens (tertiary/aromatic N) is 4. The molecule has 0 N–H and O–H groups in total. The van der Waals surface area contributed by atoms with Crippen molar-refractivity contribution in [2.24, 2.45) is 0 Å². The first-order valence-corrected chi connectivity index (χ1v) is 7.48. The molecule has 4 heterocycles. The average molecular weight is 296 g/mol. The van der Waals surface area contributed by atoms with E-state index in [1.54, 1.807) is 12.3 Å². The number of hydrogen-bond acceptors (Lipinski definition) is 3. The fourth-order valence-electron chi connectivity index (χ4n) is 3.13. The Bertz CT molecular complexity index is 919. The normalized spacial score (nSPS) is 15.0. The standard InChI is InChI=1S/C16H16N4O2/c21-14(18-8-1-2-9-18)11-20-15-12(5-3-7-17-15)19-10-4-6-13(19)16(20)22/h3-7,10H,1-2,8-9,11H2. The van der Waals surface area contributed by atoms with Crippen molar-refractivity contribution in [3.63, 3.8) is 0 Å². The van der Waals surface area contributed by atoms with Gasteiger partial charge >= 0.3 is 0 Å². The summed E-state index contributed by atoms with van der Waals surface area (Å²) >= 11 is 0. The van der Waals surface area contributed by atoms with Crippen LogP contribution < -0.4 is 5.56 Å². The molecule has 1 amide bonds. The smallest absolute Gasteiger partial charge is 0.276 e. The van der Waals surface area contributed by atoms with Crippen molar-refractivity contribution < 1.29 is 4.79 Å². The molecule has 3 aromatic rings. The first kappa shape index (κ1) is 13.1. The minimum absolute atomic E-state index is 0.0116. The second-order valence-corrected chi connectivity index (χ2v) is 5.59. The van der Waals surface area contributed by atoms with Crippen LogP contribution in [0.1, 0.15) is 12.8 Å². The summed E-state index contributed by atoms with van der Waals surface area (Å²) in [6, 6.07) is 7.34. The summed E-state index contributed by atoms with van der Waals surface area (Å²) in [5, 5.41) is 0. The fourth-order valence-corrected chi connectivity index (χ4v) is 3.13. The highest BCUT2D eigenvalue weighted by Crippen LogP contribution is 2.14. The number of hydrogen-bond donors (Lipinski definition) is 0. The number of rotatable bonds is 2. The van der Waals surface area contributed by atoms with Gasteiger partial charge in [0.15, 0.2) is 5.65 Å². The van der Waals surface area contributed by atoms with Gasteiger partial charge in [-0.1, -0.05) is 0 Å².